The summed E-state index contributed by atoms with van der Waals surface area (Å²) >= 11 is 12.5. The Hall–Kier alpha value is -3.26. The predicted octanol–water partition coefficient (Wildman–Crippen LogP) is 6.72. The summed E-state index contributed by atoms with van der Waals surface area (Å²) in [7, 11) is 0. The number of nitrogens with one attached hydrogen (secondary N) is 3. The van der Waals surface area contributed by atoms with Crippen LogP contribution in [0, 0.1) is 11.2 Å². The lowest BCUT2D eigenvalue weighted by Crippen LogP contribution is -2.49. The first-order valence-corrected chi connectivity index (χ1v) is 13.8. The van der Waals surface area contributed by atoms with Gasteiger partial charge in [0.2, 0.25) is 11.8 Å². The molecular formula is C31H30Cl2FN3O3. The first-order valence-electron chi connectivity index (χ1n) is 13.1. The average molecular weight is 583 g/mol. The Kier molecular flexibility index (Phi) is 7.27. The van der Waals surface area contributed by atoms with Crippen LogP contribution in [0.4, 0.5) is 15.8 Å². The molecule has 2 amide bonds. The van der Waals surface area contributed by atoms with E-state index in [4.69, 9.17) is 23.2 Å². The summed E-state index contributed by atoms with van der Waals surface area (Å²) in [6.45, 7) is 7.62. The molecule has 1 saturated heterocycles. The standard InChI is InChI=1S/C31H30Cl2FN3O3/c1-16(38)17-8-11-19(12-9-17)35-28(39)27-25(20-6-5-7-22(33)26(20)34)31(24(37-27)15-30(2,3)4)21-13-10-18(32)14-23(21)36-29(31)40/h5-14,24-25,27,37H,15H2,1-4H3,(H,35,39)(H,36,40). The fourth-order valence-corrected chi connectivity index (χ4v) is 6.51. The zero-order valence-electron chi connectivity index (χ0n) is 22.6. The minimum absolute atomic E-state index is 0.0928. The third-order valence-electron chi connectivity index (χ3n) is 7.78. The summed E-state index contributed by atoms with van der Waals surface area (Å²) in [6, 6.07) is 14.8. The summed E-state index contributed by atoms with van der Waals surface area (Å²) in [5, 5.41) is 9.66. The zero-order chi connectivity index (χ0) is 29.0. The van der Waals surface area contributed by atoms with Crippen LogP contribution in [0.5, 0.6) is 0 Å². The van der Waals surface area contributed by atoms with Crippen molar-refractivity contribution in [1.82, 2.24) is 5.32 Å². The van der Waals surface area contributed by atoms with Gasteiger partial charge in [-0.05, 0) is 72.4 Å². The summed E-state index contributed by atoms with van der Waals surface area (Å²) in [5.41, 5.74) is 0.753. The maximum atomic E-state index is 15.8. The Balaban J connectivity index is 1.69. The van der Waals surface area contributed by atoms with Gasteiger partial charge in [-0.25, -0.2) is 4.39 Å². The molecule has 4 atom stereocenters. The van der Waals surface area contributed by atoms with Gasteiger partial charge in [0.25, 0.3) is 0 Å². The van der Waals surface area contributed by atoms with Gasteiger partial charge < -0.3 is 16.0 Å². The molecule has 3 aromatic carbocycles. The van der Waals surface area contributed by atoms with E-state index in [1.54, 1.807) is 54.6 Å². The van der Waals surface area contributed by atoms with Crippen molar-refractivity contribution >= 4 is 52.2 Å². The number of halogens is 3. The highest BCUT2D eigenvalue weighted by atomic mass is 35.5. The van der Waals surface area contributed by atoms with Gasteiger partial charge >= 0.3 is 0 Å². The van der Waals surface area contributed by atoms with E-state index in [1.165, 1.54) is 13.0 Å². The second kappa shape index (κ2) is 10.3. The third-order valence-corrected chi connectivity index (χ3v) is 8.31. The van der Waals surface area contributed by atoms with Crippen LogP contribution in [-0.2, 0) is 15.0 Å². The molecule has 9 heteroatoms. The highest BCUT2D eigenvalue weighted by Crippen LogP contribution is 2.57. The van der Waals surface area contributed by atoms with Gasteiger partial charge in [0, 0.05) is 33.9 Å². The molecule has 2 aliphatic rings. The quantitative estimate of drug-likeness (QED) is 0.292. The smallest absolute Gasteiger partial charge is 0.242 e. The van der Waals surface area contributed by atoms with Crippen LogP contribution in [0.3, 0.4) is 0 Å². The Morgan fingerprint density at radius 2 is 1.75 bits per heavy atom. The molecule has 0 aromatic heterocycles. The predicted molar refractivity (Wildman–Crippen MR) is 156 cm³/mol. The summed E-state index contributed by atoms with van der Waals surface area (Å²) < 4.78 is 15.8. The molecule has 3 N–H and O–H groups in total. The second-order valence-corrected chi connectivity index (χ2v) is 12.6. The summed E-state index contributed by atoms with van der Waals surface area (Å²) in [6.07, 6.45) is 0.512. The molecule has 0 saturated carbocycles. The van der Waals surface area contributed by atoms with Crippen molar-refractivity contribution in [1.29, 1.82) is 0 Å². The molecule has 40 heavy (non-hydrogen) atoms. The van der Waals surface area contributed by atoms with Gasteiger partial charge in [0.1, 0.15) is 11.2 Å². The van der Waals surface area contributed by atoms with Crippen LogP contribution in [0.25, 0.3) is 0 Å². The number of carbonyl (C=O) groups excluding carboxylic acids is 3. The van der Waals surface area contributed by atoms with Gasteiger partial charge in [-0.1, -0.05) is 62.2 Å². The van der Waals surface area contributed by atoms with Crippen molar-refractivity contribution < 1.29 is 18.8 Å². The van der Waals surface area contributed by atoms with Gasteiger partial charge in [-0.15, -0.1) is 0 Å². The molecule has 5 rings (SSSR count). The molecule has 6 nitrogen and oxygen atoms in total. The first-order chi connectivity index (χ1) is 18.8. The van der Waals surface area contributed by atoms with Crippen LogP contribution in [0.1, 0.15) is 61.5 Å². The van der Waals surface area contributed by atoms with E-state index in [9.17, 15) is 14.4 Å². The van der Waals surface area contributed by atoms with E-state index in [0.29, 0.717) is 33.9 Å². The molecule has 0 aliphatic carbocycles. The lowest BCUT2D eigenvalue weighted by molar-refractivity contribution is -0.122. The number of carbonyl (C=O) groups is 3. The van der Waals surface area contributed by atoms with E-state index in [2.05, 4.69) is 36.7 Å². The Morgan fingerprint density at radius 3 is 2.40 bits per heavy atom. The fourth-order valence-electron chi connectivity index (χ4n) is 6.16. The van der Waals surface area contributed by atoms with E-state index < -0.39 is 35.1 Å². The summed E-state index contributed by atoms with van der Waals surface area (Å²) in [4.78, 5) is 39.8. The largest absolute Gasteiger partial charge is 0.325 e. The Bertz CT molecular complexity index is 1520. The van der Waals surface area contributed by atoms with Crippen molar-refractivity contribution in [3.05, 3.63) is 93.2 Å². The topological polar surface area (TPSA) is 87.3 Å². The first kappa shape index (κ1) is 28.3. The van der Waals surface area contributed by atoms with Gasteiger partial charge in [0.15, 0.2) is 5.78 Å². The van der Waals surface area contributed by atoms with Crippen molar-refractivity contribution in [2.75, 3.05) is 10.6 Å². The van der Waals surface area contributed by atoms with E-state index in [1.807, 2.05) is 0 Å². The number of anilines is 2. The zero-order valence-corrected chi connectivity index (χ0v) is 24.1. The lowest BCUT2D eigenvalue weighted by Gasteiger charge is -2.37. The van der Waals surface area contributed by atoms with Gasteiger partial charge in [-0.2, -0.15) is 0 Å². The SMILES string of the molecule is CC(=O)c1ccc(NC(=O)C2NC(CC(C)(C)C)C3(C(=O)Nc4cc(Cl)ccc43)C2c2cccc(Cl)c2F)cc1. The molecule has 2 heterocycles. The minimum atomic E-state index is -1.33. The normalized spacial score (nSPS) is 23.7. The Morgan fingerprint density at radius 1 is 1.05 bits per heavy atom. The highest BCUT2D eigenvalue weighted by Gasteiger charge is 2.66. The van der Waals surface area contributed by atoms with E-state index in [0.717, 1.165) is 0 Å². The highest BCUT2D eigenvalue weighted by molar-refractivity contribution is 6.31. The van der Waals surface area contributed by atoms with Crippen LogP contribution < -0.4 is 16.0 Å². The molecule has 3 aromatic rings. The maximum Gasteiger partial charge on any atom is 0.242 e. The number of hydrogen-bond acceptors (Lipinski definition) is 4. The number of hydrogen-bond donors (Lipinski definition) is 3. The van der Waals surface area contributed by atoms with Crippen molar-refractivity contribution in [3.8, 4) is 0 Å². The molecule has 1 fully saturated rings. The van der Waals surface area contributed by atoms with Crippen molar-refractivity contribution in [3.63, 3.8) is 0 Å². The van der Waals surface area contributed by atoms with Crippen molar-refractivity contribution in [2.24, 2.45) is 5.41 Å². The number of ketones is 1. The van der Waals surface area contributed by atoms with Crippen molar-refractivity contribution in [2.45, 2.75) is 57.5 Å². The lowest BCUT2D eigenvalue weighted by atomic mass is 9.62. The van der Waals surface area contributed by atoms with Gasteiger partial charge in [0.05, 0.1) is 11.1 Å². The number of Topliss-reactive ketones (excluding diaryl/α,β-unsaturated/α-hetero) is 1. The fraction of sp³-hybridized carbons (Fsp3) is 0.323. The molecule has 208 valence electrons. The average Bonchev–Trinajstić information content (AvgIpc) is 3.35. The molecule has 1 spiro atoms. The molecule has 0 radical (unpaired) electrons. The van der Waals surface area contributed by atoms with Crippen LogP contribution in [0.2, 0.25) is 10.0 Å². The van der Waals surface area contributed by atoms with Crippen LogP contribution in [0.15, 0.2) is 60.7 Å². The number of benzene rings is 3. The minimum Gasteiger partial charge on any atom is -0.325 e. The maximum absolute atomic E-state index is 15.8. The molecule has 4 unspecified atom stereocenters. The monoisotopic (exact) mass is 581 g/mol. The van der Waals surface area contributed by atoms with Gasteiger partial charge in [-0.3, -0.25) is 14.4 Å². The second-order valence-electron chi connectivity index (χ2n) is 11.7. The van der Waals surface area contributed by atoms with E-state index >= 15 is 4.39 Å². The number of amides is 2. The van der Waals surface area contributed by atoms with Crippen LogP contribution >= 0.6 is 23.2 Å². The number of fused-ring (bicyclic) bond motifs is 2. The van der Waals surface area contributed by atoms with E-state index in [-0.39, 0.29) is 27.7 Å². The molecular weight excluding hydrogens is 552 g/mol. The number of rotatable bonds is 5. The summed E-state index contributed by atoms with van der Waals surface area (Å²) in [5.74, 6) is -2.49. The van der Waals surface area contributed by atoms with Crippen LogP contribution in [-0.4, -0.2) is 29.7 Å². The Labute approximate surface area is 242 Å². The third kappa shape index (κ3) is 4.80. The molecule has 2 aliphatic heterocycles. The molecule has 0 bridgehead atoms.